The smallest absolute Gasteiger partial charge is 0.218 e. The highest BCUT2D eigenvalue weighted by molar-refractivity contribution is 9.10. The van der Waals surface area contributed by atoms with Gasteiger partial charge in [0.1, 0.15) is 5.15 Å². The average molecular weight is 306 g/mol. The van der Waals surface area contributed by atoms with Crippen molar-refractivity contribution in [2.75, 3.05) is 0 Å². The van der Waals surface area contributed by atoms with Crippen LogP contribution >= 0.6 is 39.1 Å². The molecule has 0 saturated heterocycles. The topological polar surface area (TPSA) is 25.8 Å². The number of aromatic nitrogens is 2. The van der Waals surface area contributed by atoms with Crippen LogP contribution in [0.2, 0.25) is 10.4 Å². The normalized spacial score (nSPS) is 10.9. The number of fused-ring (bicyclic) bond motifs is 1. The van der Waals surface area contributed by atoms with Crippen molar-refractivity contribution < 1.29 is 0 Å². The second kappa shape index (κ2) is 4.24. The van der Waals surface area contributed by atoms with Crippen LogP contribution in [0.4, 0.5) is 0 Å². The zero-order valence-electron chi connectivity index (χ0n) is 7.89. The molecule has 2 aromatic rings. The fourth-order valence-corrected chi connectivity index (χ4v) is 2.46. The lowest BCUT2D eigenvalue weighted by atomic mass is 10.1. The first kappa shape index (κ1) is 11.1. The summed E-state index contributed by atoms with van der Waals surface area (Å²) in [6.45, 7) is 2.08. The molecule has 0 saturated carbocycles. The molecule has 15 heavy (non-hydrogen) atoms. The van der Waals surface area contributed by atoms with Crippen molar-refractivity contribution in [1.82, 2.24) is 9.97 Å². The van der Waals surface area contributed by atoms with Crippen LogP contribution in [-0.4, -0.2) is 9.97 Å². The van der Waals surface area contributed by atoms with Crippen LogP contribution < -0.4 is 0 Å². The van der Waals surface area contributed by atoms with Gasteiger partial charge in [0.25, 0.3) is 0 Å². The van der Waals surface area contributed by atoms with Crippen molar-refractivity contribution in [3.05, 3.63) is 32.6 Å². The third-order valence-electron chi connectivity index (χ3n) is 2.17. The Morgan fingerprint density at radius 2 is 2.00 bits per heavy atom. The molecule has 0 unspecified atom stereocenters. The first-order chi connectivity index (χ1) is 7.11. The lowest BCUT2D eigenvalue weighted by Crippen LogP contribution is -1.90. The maximum atomic E-state index is 5.99. The van der Waals surface area contributed by atoms with E-state index in [0.29, 0.717) is 5.15 Å². The van der Waals surface area contributed by atoms with Gasteiger partial charge >= 0.3 is 0 Å². The van der Waals surface area contributed by atoms with Gasteiger partial charge in [0.2, 0.25) is 5.28 Å². The average Bonchev–Trinajstić information content (AvgIpc) is 2.16. The van der Waals surface area contributed by atoms with Crippen molar-refractivity contribution in [1.29, 1.82) is 0 Å². The van der Waals surface area contributed by atoms with E-state index in [1.807, 2.05) is 12.1 Å². The first-order valence-corrected chi connectivity index (χ1v) is 5.98. The van der Waals surface area contributed by atoms with E-state index in [0.717, 1.165) is 21.8 Å². The molecule has 0 bridgehead atoms. The summed E-state index contributed by atoms with van der Waals surface area (Å²) < 4.78 is 1.02. The maximum absolute atomic E-state index is 5.99. The predicted molar refractivity (Wildman–Crippen MR) is 66.6 cm³/mol. The molecule has 5 heteroatoms. The zero-order chi connectivity index (χ0) is 11.0. The number of aryl methyl sites for hydroxylation is 1. The molecule has 0 aliphatic carbocycles. The minimum Gasteiger partial charge on any atom is -0.218 e. The Morgan fingerprint density at radius 3 is 2.67 bits per heavy atom. The minimum absolute atomic E-state index is 0.170. The molecule has 2 rings (SSSR count). The standard InChI is InChI=1S/C10H7BrCl2N2/c1-2-5-3-6-8(4-7(5)11)14-10(13)15-9(6)12/h3-4H,2H2,1H3. The van der Waals surface area contributed by atoms with Gasteiger partial charge in [-0.3, -0.25) is 0 Å². The molecule has 0 aliphatic heterocycles. The van der Waals surface area contributed by atoms with Crippen LogP contribution in [0.1, 0.15) is 12.5 Å². The number of hydrogen-bond acceptors (Lipinski definition) is 2. The predicted octanol–water partition coefficient (Wildman–Crippen LogP) is 4.26. The molecule has 1 heterocycles. The molecule has 0 amide bonds. The summed E-state index contributed by atoms with van der Waals surface area (Å²) in [5.74, 6) is 0. The monoisotopic (exact) mass is 304 g/mol. The Balaban J connectivity index is 2.81. The van der Waals surface area contributed by atoms with Gasteiger partial charge in [0.05, 0.1) is 5.52 Å². The van der Waals surface area contributed by atoms with Crippen LogP contribution in [0.5, 0.6) is 0 Å². The van der Waals surface area contributed by atoms with E-state index in [2.05, 4.69) is 32.8 Å². The van der Waals surface area contributed by atoms with E-state index in [1.54, 1.807) is 0 Å². The highest BCUT2D eigenvalue weighted by atomic mass is 79.9. The molecule has 0 spiro atoms. The van der Waals surface area contributed by atoms with Gasteiger partial charge in [-0.05, 0) is 35.7 Å². The highest BCUT2D eigenvalue weighted by Crippen LogP contribution is 2.28. The van der Waals surface area contributed by atoms with E-state index in [4.69, 9.17) is 23.2 Å². The van der Waals surface area contributed by atoms with E-state index in [-0.39, 0.29) is 5.28 Å². The quantitative estimate of drug-likeness (QED) is 0.581. The lowest BCUT2D eigenvalue weighted by molar-refractivity contribution is 1.13. The Labute approximate surface area is 106 Å². The Kier molecular flexibility index (Phi) is 3.14. The number of benzene rings is 1. The summed E-state index contributed by atoms with van der Waals surface area (Å²) in [6.07, 6.45) is 0.926. The maximum Gasteiger partial charge on any atom is 0.224 e. The second-order valence-corrected chi connectivity index (χ2v) is 4.65. The van der Waals surface area contributed by atoms with Crippen LogP contribution in [0.15, 0.2) is 16.6 Å². The summed E-state index contributed by atoms with van der Waals surface area (Å²) >= 11 is 15.2. The Hall–Kier alpha value is -0.380. The summed E-state index contributed by atoms with van der Waals surface area (Å²) in [4.78, 5) is 8.02. The van der Waals surface area contributed by atoms with Crippen LogP contribution in [-0.2, 0) is 6.42 Å². The molecule has 1 aromatic carbocycles. The second-order valence-electron chi connectivity index (χ2n) is 3.10. The molecule has 0 aliphatic rings. The van der Waals surface area contributed by atoms with E-state index >= 15 is 0 Å². The summed E-state index contributed by atoms with van der Waals surface area (Å²) in [6, 6.07) is 3.89. The molecule has 1 aromatic heterocycles. The molecule has 0 N–H and O–H groups in total. The van der Waals surface area contributed by atoms with Crippen LogP contribution in [0.25, 0.3) is 10.9 Å². The highest BCUT2D eigenvalue weighted by Gasteiger charge is 2.07. The van der Waals surface area contributed by atoms with Gasteiger partial charge in [-0.25, -0.2) is 9.97 Å². The summed E-state index contributed by atoms with van der Waals surface area (Å²) in [5.41, 5.74) is 1.93. The van der Waals surface area contributed by atoms with Crippen molar-refractivity contribution in [3.8, 4) is 0 Å². The van der Waals surface area contributed by atoms with E-state index in [1.165, 1.54) is 5.56 Å². The molecule has 78 valence electrons. The van der Waals surface area contributed by atoms with Gasteiger partial charge in [-0.2, -0.15) is 0 Å². The van der Waals surface area contributed by atoms with Gasteiger partial charge in [-0.15, -0.1) is 0 Å². The van der Waals surface area contributed by atoms with Gasteiger partial charge < -0.3 is 0 Å². The third kappa shape index (κ3) is 2.10. The molecule has 0 radical (unpaired) electrons. The molecular formula is C10H7BrCl2N2. The van der Waals surface area contributed by atoms with Crippen molar-refractivity contribution >= 4 is 50.0 Å². The van der Waals surface area contributed by atoms with E-state index in [9.17, 15) is 0 Å². The Morgan fingerprint density at radius 1 is 1.27 bits per heavy atom. The lowest BCUT2D eigenvalue weighted by Gasteiger charge is -2.05. The fraction of sp³-hybridized carbons (Fsp3) is 0.200. The Bertz CT molecular complexity index is 528. The number of hydrogen-bond donors (Lipinski definition) is 0. The van der Waals surface area contributed by atoms with Gasteiger partial charge in [-0.1, -0.05) is 34.5 Å². The number of nitrogens with zero attached hydrogens (tertiary/aromatic N) is 2. The number of halogens is 3. The summed E-state index contributed by atoms with van der Waals surface area (Å²) in [5, 5.41) is 1.40. The van der Waals surface area contributed by atoms with Crippen LogP contribution in [0.3, 0.4) is 0 Å². The molecule has 2 nitrogen and oxygen atoms in total. The third-order valence-corrected chi connectivity index (χ3v) is 3.37. The summed E-state index contributed by atoms with van der Waals surface area (Å²) in [7, 11) is 0. The first-order valence-electron chi connectivity index (χ1n) is 4.43. The number of rotatable bonds is 1. The van der Waals surface area contributed by atoms with Gasteiger partial charge in [0, 0.05) is 9.86 Å². The largest absolute Gasteiger partial charge is 0.224 e. The van der Waals surface area contributed by atoms with Crippen LogP contribution in [0, 0.1) is 0 Å². The molecule has 0 atom stereocenters. The van der Waals surface area contributed by atoms with Gasteiger partial charge in [0.15, 0.2) is 0 Å². The van der Waals surface area contributed by atoms with Crippen molar-refractivity contribution in [3.63, 3.8) is 0 Å². The zero-order valence-corrected chi connectivity index (χ0v) is 11.0. The fourth-order valence-electron chi connectivity index (χ4n) is 1.40. The SMILES string of the molecule is CCc1cc2c(Cl)nc(Cl)nc2cc1Br. The van der Waals surface area contributed by atoms with Crippen molar-refractivity contribution in [2.24, 2.45) is 0 Å². The minimum atomic E-state index is 0.170. The van der Waals surface area contributed by atoms with E-state index < -0.39 is 0 Å². The van der Waals surface area contributed by atoms with Crippen molar-refractivity contribution in [2.45, 2.75) is 13.3 Å². The molecular weight excluding hydrogens is 299 g/mol. The molecule has 0 fully saturated rings.